The Morgan fingerprint density at radius 1 is 1.23 bits per heavy atom. The maximum atomic E-state index is 12.9. The lowest BCUT2D eigenvalue weighted by atomic mass is 10.2. The average molecular weight is 423 g/mol. The topological polar surface area (TPSA) is 53.8 Å². The molecule has 3 aromatic rings. The molecule has 0 aliphatic heterocycles. The highest BCUT2D eigenvalue weighted by Gasteiger charge is 2.30. The van der Waals surface area contributed by atoms with E-state index in [0.29, 0.717) is 5.92 Å². The molecule has 1 atom stereocenters. The van der Waals surface area contributed by atoms with Crippen LogP contribution in [0.5, 0.6) is 0 Å². The number of aryl methyl sites for hydroxylation is 1. The van der Waals surface area contributed by atoms with Crippen molar-refractivity contribution in [2.75, 3.05) is 0 Å². The van der Waals surface area contributed by atoms with Crippen LogP contribution in [0.25, 0.3) is 11.0 Å². The molecule has 0 spiro atoms. The first-order valence-corrected chi connectivity index (χ1v) is 9.34. The Balaban J connectivity index is 1.85. The van der Waals surface area contributed by atoms with E-state index in [-0.39, 0.29) is 0 Å². The number of aromatic nitrogens is 3. The lowest BCUT2D eigenvalue weighted by Gasteiger charge is -2.11. The maximum absolute atomic E-state index is 12.9. The van der Waals surface area contributed by atoms with Gasteiger partial charge in [0.05, 0.1) is 17.3 Å². The average Bonchev–Trinajstić information content (AvgIpc) is 3.32. The van der Waals surface area contributed by atoms with E-state index in [9.17, 15) is 4.55 Å². The van der Waals surface area contributed by atoms with Crippen LogP contribution < -0.4 is 0 Å². The molecule has 2 aromatic heterocycles. The first kappa shape index (κ1) is 14.5. The normalized spacial score (nSPS) is 16.1. The first-order valence-electron chi connectivity index (χ1n) is 7.15. The van der Waals surface area contributed by atoms with Crippen LogP contribution in [-0.4, -0.2) is 18.5 Å². The Labute approximate surface area is 145 Å². The van der Waals surface area contributed by atoms with E-state index >= 15 is 0 Å². The Bertz CT molecular complexity index is 842. The lowest BCUT2D eigenvalue weighted by Crippen LogP contribution is -2.12. The number of nitrogens with zero attached hydrogens (tertiary/aromatic N) is 3. The van der Waals surface area contributed by atoms with E-state index < -0.39 is 11.4 Å². The summed E-state index contributed by atoms with van der Waals surface area (Å²) in [6.07, 6.45) is 5.89. The van der Waals surface area contributed by atoms with Crippen LogP contribution in [0.3, 0.4) is 0 Å². The standard InChI is InChI=1S/C16H14IN3OS/c1-10-2-6-12(7-3-10)22(21)20-8-13(17)14-15(11-4-5-11)18-9-19-16(14)20/h2-3,6-9,11H,4-5H2,1H3. The van der Waals surface area contributed by atoms with Crippen molar-refractivity contribution in [2.24, 2.45) is 0 Å². The third-order valence-corrected chi connectivity index (χ3v) is 6.03. The van der Waals surface area contributed by atoms with Crippen LogP contribution in [0.1, 0.15) is 30.0 Å². The van der Waals surface area contributed by atoms with Crippen LogP contribution in [-0.2, 0) is 11.4 Å². The molecule has 4 nitrogen and oxygen atoms in total. The third kappa shape index (κ3) is 2.43. The number of hydrogen-bond donors (Lipinski definition) is 0. The van der Waals surface area contributed by atoms with E-state index in [1.807, 2.05) is 37.4 Å². The molecule has 2 heterocycles. The van der Waals surface area contributed by atoms with Gasteiger partial charge in [0.1, 0.15) is 17.7 Å². The molecule has 0 radical (unpaired) electrons. The van der Waals surface area contributed by atoms with Gasteiger partial charge in [-0.3, -0.25) is 0 Å². The minimum absolute atomic E-state index is 0.544. The molecule has 0 saturated heterocycles. The molecule has 0 amide bonds. The van der Waals surface area contributed by atoms with E-state index in [4.69, 9.17) is 0 Å². The third-order valence-electron chi connectivity index (χ3n) is 3.90. The van der Waals surface area contributed by atoms with Gasteiger partial charge in [0, 0.05) is 9.49 Å². The summed E-state index contributed by atoms with van der Waals surface area (Å²) in [4.78, 5) is 9.63. The van der Waals surface area contributed by atoms with Crippen LogP contribution in [0, 0.1) is 10.5 Å². The Morgan fingerprint density at radius 2 is 1.95 bits per heavy atom. The molecule has 0 N–H and O–H groups in total. The SMILES string of the molecule is Cc1ccc([S+]([O-])n2cc(I)c3c(C4CC4)ncnc32)cc1. The summed E-state index contributed by atoms with van der Waals surface area (Å²) in [6, 6.07) is 7.78. The van der Waals surface area contributed by atoms with Crippen molar-refractivity contribution in [2.45, 2.75) is 30.6 Å². The van der Waals surface area contributed by atoms with Gasteiger partial charge in [-0.15, -0.1) is 3.97 Å². The van der Waals surface area contributed by atoms with Crippen molar-refractivity contribution in [1.82, 2.24) is 13.9 Å². The summed E-state index contributed by atoms with van der Waals surface area (Å²) in [5.41, 5.74) is 3.03. The summed E-state index contributed by atoms with van der Waals surface area (Å²) in [5, 5.41) is 1.06. The van der Waals surface area contributed by atoms with Gasteiger partial charge in [-0.05, 0) is 54.5 Å². The minimum Gasteiger partial charge on any atom is -0.587 e. The summed E-state index contributed by atoms with van der Waals surface area (Å²) >= 11 is 1.00. The smallest absolute Gasteiger partial charge is 0.191 e. The molecule has 1 saturated carbocycles. The second-order valence-corrected chi connectivity index (χ2v) is 8.12. The summed E-state index contributed by atoms with van der Waals surface area (Å²) < 4.78 is 15.7. The van der Waals surface area contributed by atoms with Crippen molar-refractivity contribution in [3.8, 4) is 0 Å². The summed E-state index contributed by atoms with van der Waals surface area (Å²) in [7, 11) is 0. The second-order valence-electron chi connectivity index (χ2n) is 5.60. The van der Waals surface area contributed by atoms with Gasteiger partial charge in [0.2, 0.25) is 0 Å². The van der Waals surface area contributed by atoms with Gasteiger partial charge in [-0.25, -0.2) is 9.97 Å². The highest BCUT2D eigenvalue weighted by molar-refractivity contribution is 14.1. The van der Waals surface area contributed by atoms with Gasteiger partial charge >= 0.3 is 0 Å². The Hall–Kier alpha value is -1.12. The second kappa shape index (κ2) is 5.50. The fourth-order valence-electron chi connectivity index (χ4n) is 2.58. The molecule has 1 aromatic carbocycles. The van der Waals surface area contributed by atoms with Crippen LogP contribution in [0.15, 0.2) is 41.7 Å². The number of halogens is 1. The van der Waals surface area contributed by atoms with Crippen LogP contribution in [0.4, 0.5) is 0 Å². The number of hydrogen-bond acceptors (Lipinski definition) is 3. The zero-order valence-electron chi connectivity index (χ0n) is 12.0. The van der Waals surface area contributed by atoms with Crippen molar-refractivity contribution >= 4 is 45.0 Å². The largest absolute Gasteiger partial charge is 0.587 e. The zero-order chi connectivity index (χ0) is 15.3. The predicted molar refractivity (Wildman–Crippen MR) is 95.2 cm³/mol. The Morgan fingerprint density at radius 3 is 2.64 bits per heavy atom. The van der Waals surface area contributed by atoms with Gasteiger partial charge in [-0.1, -0.05) is 17.7 Å². The predicted octanol–water partition coefficient (Wildman–Crippen LogP) is 3.79. The molecule has 1 fully saturated rings. The van der Waals surface area contributed by atoms with E-state index in [2.05, 4.69) is 32.6 Å². The Kier molecular flexibility index (Phi) is 3.62. The number of benzene rings is 1. The van der Waals surface area contributed by atoms with Crippen molar-refractivity contribution in [1.29, 1.82) is 0 Å². The number of fused-ring (bicyclic) bond motifs is 1. The van der Waals surface area contributed by atoms with E-state index in [1.165, 1.54) is 12.8 Å². The van der Waals surface area contributed by atoms with Crippen molar-refractivity contribution < 1.29 is 4.55 Å². The van der Waals surface area contributed by atoms with Crippen molar-refractivity contribution in [3.05, 3.63) is 51.6 Å². The molecule has 22 heavy (non-hydrogen) atoms. The zero-order valence-corrected chi connectivity index (χ0v) is 15.0. The molecule has 0 bridgehead atoms. The molecular formula is C16H14IN3OS. The maximum Gasteiger partial charge on any atom is 0.191 e. The van der Waals surface area contributed by atoms with Gasteiger partial charge in [0.25, 0.3) is 0 Å². The van der Waals surface area contributed by atoms with Crippen LogP contribution in [0.2, 0.25) is 0 Å². The van der Waals surface area contributed by atoms with Crippen molar-refractivity contribution in [3.63, 3.8) is 0 Å². The molecule has 112 valence electrons. The number of rotatable bonds is 3. The van der Waals surface area contributed by atoms with Gasteiger partial charge < -0.3 is 4.55 Å². The summed E-state index contributed by atoms with van der Waals surface area (Å²) in [6.45, 7) is 2.02. The van der Waals surface area contributed by atoms with Gasteiger partial charge in [0.15, 0.2) is 10.5 Å². The van der Waals surface area contributed by atoms with Gasteiger partial charge in [-0.2, -0.15) is 0 Å². The monoisotopic (exact) mass is 423 g/mol. The lowest BCUT2D eigenvalue weighted by molar-refractivity contribution is 0.587. The molecule has 1 aliphatic rings. The van der Waals surface area contributed by atoms with E-state index in [0.717, 1.165) is 30.8 Å². The molecule has 1 aliphatic carbocycles. The fourth-order valence-corrected chi connectivity index (χ4v) is 4.65. The fraction of sp³-hybridized carbons (Fsp3) is 0.250. The highest BCUT2D eigenvalue weighted by atomic mass is 127. The molecule has 6 heteroatoms. The molecule has 4 rings (SSSR count). The quantitative estimate of drug-likeness (QED) is 0.476. The molecular weight excluding hydrogens is 409 g/mol. The first-order chi connectivity index (χ1) is 10.6. The minimum atomic E-state index is -1.29. The highest BCUT2D eigenvalue weighted by Crippen LogP contribution is 2.43. The van der Waals surface area contributed by atoms with E-state index in [1.54, 1.807) is 10.3 Å². The molecule has 1 unspecified atom stereocenters. The van der Waals surface area contributed by atoms with Crippen LogP contribution >= 0.6 is 22.6 Å². The summed E-state index contributed by atoms with van der Waals surface area (Å²) in [5.74, 6) is 0.544.